The van der Waals surface area contributed by atoms with Crippen LogP contribution in [-0.2, 0) is 4.79 Å². The molecule has 0 bridgehead atoms. The van der Waals surface area contributed by atoms with Gasteiger partial charge in [-0.3, -0.25) is 4.79 Å². The first kappa shape index (κ1) is 19.8. The number of carbonyl (C=O) groups is 1. The highest BCUT2D eigenvalue weighted by molar-refractivity contribution is 6.35. The van der Waals surface area contributed by atoms with Crippen molar-refractivity contribution in [1.29, 1.82) is 0 Å². The number of hydrogen-bond acceptors (Lipinski definition) is 3. The average Bonchev–Trinajstić information content (AvgIpc) is 2.51. The molecule has 0 atom stereocenters. The Bertz CT molecular complexity index is 533. The first-order valence-electron chi connectivity index (χ1n) is 7.92. The highest BCUT2D eigenvalue weighted by atomic mass is 35.5. The number of rotatable bonds is 10. The van der Waals surface area contributed by atoms with E-state index in [0.29, 0.717) is 35.2 Å². The first-order valence-corrected chi connectivity index (χ1v) is 8.68. The number of ether oxygens (including phenoxy) is 1. The van der Waals surface area contributed by atoms with Crippen molar-refractivity contribution in [2.45, 2.75) is 52.4 Å². The van der Waals surface area contributed by atoms with E-state index in [9.17, 15) is 4.79 Å². The van der Waals surface area contributed by atoms with Crippen molar-refractivity contribution in [2.75, 3.05) is 6.61 Å². The van der Waals surface area contributed by atoms with Crippen LogP contribution in [-0.4, -0.2) is 18.2 Å². The quantitative estimate of drug-likeness (QED) is 0.353. The van der Waals surface area contributed by atoms with Crippen molar-refractivity contribution in [1.82, 2.24) is 5.43 Å². The van der Waals surface area contributed by atoms with Crippen LogP contribution in [0.15, 0.2) is 23.3 Å². The Morgan fingerprint density at radius 2 is 2.00 bits per heavy atom. The Kier molecular flexibility index (Phi) is 9.72. The van der Waals surface area contributed by atoms with Gasteiger partial charge in [-0.15, -0.1) is 0 Å². The van der Waals surface area contributed by atoms with E-state index in [1.807, 2.05) is 6.92 Å². The van der Waals surface area contributed by atoms with E-state index in [-0.39, 0.29) is 5.91 Å². The van der Waals surface area contributed by atoms with Gasteiger partial charge in [0.1, 0.15) is 5.75 Å². The van der Waals surface area contributed by atoms with E-state index in [4.69, 9.17) is 27.9 Å². The summed E-state index contributed by atoms with van der Waals surface area (Å²) in [6, 6.07) is 5.06. The summed E-state index contributed by atoms with van der Waals surface area (Å²) in [5.41, 5.74) is 3.53. The summed E-state index contributed by atoms with van der Waals surface area (Å²) in [5, 5.41) is 5.13. The molecule has 0 radical (unpaired) electrons. The van der Waals surface area contributed by atoms with Crippen molar-refractivity contribution in [3.8, 4) is 5.75 Å². The zero-order chi connectivity index (χ0) is 17.1. The normalized spacial score (nSPS) is 11.4. The Hall–Kier alpha value is -1.26. The van der Waals surface area contributed by atoms with E-state index in [1.165, 1.54) is 12.8 Å². The van der Waals surface area contributed by atoms with Crippen LogP contribution >= 0.6 is 23.2 Å². The maximum Gasteiger partial charge on any atom is 0.240 e. The predicted molar refractivity (Wildman–Crippen MR) is 96.6 cm³/mol. The molecule has 0 unspecified atom stereocenters. The molecule has 6 heteroatoms. The van der Waals surface area contributed by atoms with Crippen molar-refractivity contribution in [3.63, 3.8) is 0 Å². The van der Waals surface area contributed by atoms with Gasteiger partial charge in [0.05, 0.1) is 11.6 Å². The number of halogens is 2. The van der Waals surface area contributed by atoms with Crippen LogP contribution in [0.4, 0.5) is 0 Å². The smallest absolute Gasteiger partial charge is 0.240 e. The van der Waals surface area contributed by atoms with Gasteiger partial charge in [-0.1, -0.05) is 43.0 Å². The van der Waals surface area contributed by atoms with Crippen LogP contribution in [0.3, 0.4) is 0 Å². The highest BCUT2D eigenvalue weighted by Crippen LogP contribution is 2.27. The minimum absolute atomic E-state index is 0.106. The van der Waals surface area contributed by atoms with Crippen LogP contribution < -0.4 is 10.2 Å². The molecule has 1 N–H and O–H groups in total. The minimum Gasteiger partial charge on any atom is -0.492 e. The third kappa shape index (κ3) is 8.82. The predicted octanol–water partition coefficient (Wildman–Crippen LogP) is 5.22. The molecule has 23 heavy (non-hydrogen) atoms. The molecule has 1 aromatic carbocycles. The summed E-state index contributed by atoms with van der Waals surface area (Å²) < 4.78 is 5.53. The average molecular weight is 359 g/mol. The molecule has 0 saturated carbocycles. The van der Waals surface area contributed by atoms with Gasteiger partial charge in [-0.05, 0) is 44.4 Å². The van der Waals surface area contributed by atoms with Crippen LogP contribution in [0.2, 0.25) is 10.0 Å². The largest absolute Gasteiger partial charge is 0.492 e. The number of hydrazone groups is 1. The van der Waals surface area contributed by atoms with Gasteiger partial charge in [0.2, 0.25) is 5.91 Å². The summed E-state index contributed by atoms with van der Waals surface area (Å²) in [4.78, 5) is 11.7. The molecule has 128 valence electrons. The Balaban J connectivity index is 2.20. The van der Waals surface area contributed by atoms with Crippen molar-refractivity contribution in [2.24, 2.45) is 5.10 Å². The number of amides is 1. The molecular weight excluding hydrogens is 335 g/mol. The van der Waals surface area contributed by atoms with Crippen LogP contribution in [0.25, 0.3) is 0 Å². The lowest BCUT2D eigenvalue weighted by atomic mass is 10.1. The van der Waals surface area contributed by atoms with Gasteiger partial charge < -0.3 is 4.74 Å². The third-order valence-electron chi connectivity index (χ3n) is 3.21. The number of benzene rings is 1. The maximum atomic E-state index is 11.7. The lowest BCUT2D eigenvalue weighted by Crippen LogP contribution is -2.19. The summed E-state index contributed by atoms with van der Waals surface area (Å²) >= 11 is 11.8. The summed E-state index contributed by atoms with van der Waals surface area (Å²) in [5.74, 6) is 0.465. The van der Waals surface area contributed by atoms with E-state index in [2.05, 4.69) is 17.5 Å². The summed E-state index contributed by atoms with van der Waals surface area (Å²) in [6.45, 7) is 4.50. The maximum absolute atomic E-state index is 11.7. The zero-order valence-corrected chi connectivity index (χ0v) is 15.2. The van der Waals surface area contributed by atoms with E-state index < -0.39 is 0 Å². The molecule has 0 aliphatic heterocycles. The first-order chi connectivity index (χ1) is 11.0. The summed E-state index contributed by atoms with van der Waals surface area (Å²) in [7, 11) is 0. The fraction of sp³-hybridized carbons (Fsp3) is 0.529. The fourth-order valence-corrected chi connectivity index (χ4v) is 2.37. The van der Waals surface area contributed by atoms with Crippen LogP contribution in [0.5, 0.6) is 5.75 Å². The Morgan fingerprint density at radius 1 is 1.22 bits per heavy atom. The second-order valence-corrected chi connectivity index (χ2v) is 6.21. The molecule has 0 aliphatic rings. The monoisotopic (exact) mass is 358 g/mol. The third-order valence-corrected chi connectivity index (χ3v) is 3.74. The molecule has 0 spiro atoms. The van der Waals surface area contributed by atoms with Gasteiger partial charge in [0, 0.05) is 17.2 Å². The zero-order valence-electron chi connectivity index (χ0n) is 13.7. The number of unbranched alkanes of at least 4 members (excludes halogenated alkanes) is 2. The fourth-order valence-electron chi connectivity index (χ4n) is 1.91. The van der Waals surface area contributed by atoms with Gasteiger partial charge in [-0.2, -0.15) is 5.10 Å². The number of nitrogens with zero attached hydrogens (tertiary/aromatic N) is 1. The van der Waals surface area contributed by atoms with Crippen LogP contribution in [0.1, 0.15) is 52.4 Å². The molecule has 4 nitrogen and oxygen atoms in total. The molecule has 0 saturated heterocycles. The van der Waals surface area contributed by atoms with Crippen molar-refractivity contribution >= 4 is 34.8 Å². The lowest BCUT2D eigenvalue weighted by molar-refractivity contribution is -0.121. The molecule has 0 fully saturated rings. The lowest BCUT2D eigenvalue weighted by Gasteiger charge is -2.08. The second-order valence-electron chi connectivity index (χ2n) is 5.37. The Labute approximate surface area is 148 Å². The molecule has 1 rings (SSSR count). The summed E-state index contributed by atoms with van der Waals surface area (Å²) in [6.07, 6.45) is 5.35. The van der Waals surface area contributed by atoms with E-state index in [0.717, 1.165) is 18.6 Å². The standard InChI is InChI=1S/C17H24Cl2N2O2/c1-3-4-5-7-13(2)20-21-17(22)8-6-11-23-16-10-9-14(18)12-15(16)19/h9-10,12H,3-8,11H2,1-2H3,(H,21,22)/b20-13+. The SMILES string of the molecule is CCCCC/C(C)=N/NC(=O)CCCOc1ccc(Cl)cc1Cl. The topological polar surface area (TPSA) is 50.7 Å². The van der Waals surface area contributed by atoms with E-state index >= 15 is 0 Å². The van der Waals surface area contributed by atoms with Crippen LogP contribution in [0, 0.1) is 0 Å². The van der Waals surface area contributed by atoms with Crippen molar-refractivity contribution < 1.29 is 9.53 Å². The molecular formula is C17H24Cl2N2O2. The molecule has 0 heterocycles. The number of carbonyl (C=O) groups excluding carboxylic acids is 1. The highest BCUT2D eigenvalue weighted by Gasteiger charge is 2.04. The van der Waals surface area contributed by atoms with Gasteiger partial charge in [0.25, 0.3) is 0 Å². The second kappa shape index (κ2) is 11.3. The number of hydrogen-bond donors (Lipinski definition) is 1. The van der Waals surface area contributed by atoms with Gasteiger partial charge >= 0.3 is 0 Å². The molecule has 1 aromatic rings. The Morgan fingerprint density at radius 3 is 2.70 bits per heavy atom. The van der Waals surface area contributed by atoms with Gasteiger partial charge in [-0.25, -0.2) is 5.43 Å². The number of nitrogens with one attached hydrogen (secondary N) is 1. The minimum atomic E-state index is -0.106. The molecule has 1 amide bonds. The van der Waals surface area contributed by atoms with Gasteiger partial charge in [0.15, 0.2) is 0 Å². The van der Waals surface area contributed by atoms with Crippen molar-refractivity contribution in [3.05, 3.63) is 28.2 Å². The molecule has 0 aromatic heterocycles. The molecule has 0 aliphatic carbocycles. The van der Waals surface area contributed by atoms with E-state index in [1.54, 1.807) is 18.2 Å².